The molecule has 0 aromatic carbocycles. The molecule has 2 N–H and O–H groups in total. The molecule has 0 saturated heterocycles. The van der Waals surface area contributed by atoms with Gasteiger partial charge in [-0.25, -0.2) is 0 Å². The Labute approximate surface area is 106 Å². The Balaban J connectivity index is 3.52. The van der Waals surface area contributed by atoms with E-state index in [1.165, 1.54) is 25.7 Å². The summed E-state index contributed by atoms with van der Waals surface area (Å²) in [5.41, 5.74) is 5.58. The Morgan fingerprint density at radius 3 is 2.18 bits per heavy atom. The van der Waals surface area contributed by atoms with Crippen molar-refractivity contribution in [3.8, 4) is 0 Å². The Morgan fingerprint density at radius 1 is 1.12 bits per heavy atom. The van der Waals surface area contributed by atoms with Crippen LogP contribution in [0.3, 0.4) is 0 Å². The van der Waals surface area contributed by atoms with Crippen molar-refractivity contribution in [1.82, 2.24) is 0 Å². The van der Waals surface area contributed by atoms with Crippen LogP contribution in [-0.2, 0) is 9.53 Å². The molecule has 0 aliphatic heterocycles. The molecule has 0 bridgehead atoms. The van der Waals surface area contributed by atoms with Gasteiger partial charge in [0.2, 0.25) is 0 Å². The monoisotopic (exact) mass is 243 g/mol. The lowest BCUT2D eigenvalue weighted by Crippen LogP contribution is -2.43. The largest absolute Gasteiger partial charge is 0.465 e. The molecule has 0 aliphatic carbocycles. The zero-order valence-corrected chi connectivity index (χ0v) is 11.9. The number of hydrogen-bond donors (Lipinski definition) is 1. The molecule has 17 heavy (non-hydrogen) atoms. The van der Waals surface area contributed by atoms with Gasteiger partial charge < -0.3 is 10.5 Å². The Hall–Kier alpha value is -0.570. The van der Waals surface area contributed by atoms with Crippen molar-refractivity contribution in [2.75, 3.05) is 6.61 Å². The van der Waals surface area contributed by atoms with Gasteiger partial charge in [0.05, 0.1) is 6.61 Å². The molecule has 0 aromatic rings. The van der Waals surface area contributed by atoms with E-state index in [2.05, 4.69) is 6.92 Å². The van der Waals surface area contributed by atoms with Gasteiger partial charge >= 0.3 is 5.97 Å². The van der Waals surface area contributed by atoms with E-state index < -0.39 is 6.04 Å². The van der Waals surface area contributed by atoms with Crippen LogP contribution >= 0.6 is 0 Å². The van der Waals surface area contributed by atoms with Crippen molar-refractivity contribution >= 4 is 5.97 Å². The van der Waals surface area contributed by atoms with E-state index in [1.807, 2.05) is 20.8 Å². The first-order valence-corrected chi connectivity index (χ1v) is 6.81. The fourth-order valence-electron chi connectivity index (χ4n) is 1.50. The lowest BCUT2D eigenvalue weighted by molar-refractivity contribution is -0.147. The van der Waals surface area contributed by atoms with E-state index in [0.717, 1.165) is 12.8 Å². The molecule has 0 unspecified atom stereocenters. The van der Waals surface area contributed by atoms with Gasteiger partial charge in [-0.15, -0.1) is 0 Å². The van der Waals surface area contributed by atoms with Crippen LogP contribution in [0.1, 0.15) is 66.2 Å². The zero-order chi connectivity index (χ0) is 13.3. The standard InChI is InChI=1S/C14H29NO2/c1-5-6-7-8-9-10-11-17-13(16)12(15)14(2,3)4/h12H,5-11,15H2,1-4H3/t12-/m1/s1. The maximum Gasteiger partial charge on any atom is 0.323 e. The normalized spacial score (nSPS) is 13.5. The van der Waals surface area contributed by atoms with E-state index in [1.54, 1.807) is 0 Å². The number of ether oxygens (including phenoxy) is 1. The topological polar surface area (TPSA) is 52.3 Å². The van der Waals surface area contributed by atoms with Crippen molar-refractivity contribution < 1.29 is 9.53 Å². The van der Waals surface area contributed by atoms with Gasteiger partial charge in [-0.2, -0.15) is 0 Å². The van der Waals surface area contributed by atoms with E-state index in [-0.39, 0.29) is 11.4 Å². The van der Waals surface area contributed by atoms with Gasteiger partial charge in [0.25, 0.3) is 0 Å². The first kappa shape index (κ1) is 16.4. The summed E-state index contributed by atoms with van der Waals surface area (Å²) in [6, 6.07) is -0.525. The highest BCUT2D eigenvalue weighted by Crippen LogP contribution is 2.18. The first-order valence-electron chi connectivity index (χ1n) is 6.81. The van der Waals surface area contributed by atoms with Crippen LogP contribution in [0.25, 0.3) is 0 Å². The summed E-state index contributed by atoms with van der Waals surface area (Å²) in [5, 5.41) is 0. The predicted molar refractivity (Wildman–Crippen MR) is 71.8 cm³/mol. The number of nitrogens with two attached hydrogens (primary N) is 1. The van der Waals surface area contributed by atoms with E-state index in [9.17, 15) is 4.79 Å². The SMILES string of the molecule is CCCCCCCCOC(=O)[C@@H](N)C(C)(C)C. The Morgan fingerprint density at radius 2 is 1.65 bits per heavy atom. The van der Waals surface area contributed by atoms with Crippen LogP contribution < -0.4 is 5.73 Å². The average Bonchev–Trinajstić information content (AvgIpc) is 2.25. The van der Waals surface area contributed by atoms with E-state index >= 15 is 0 Å². The molecular weight excluding hydrogens is 214 g/mol. The molecule has 0 radical (unpaired) electrons. The molecule has 0 rings (SSSR count). The second-order valence-electron chi connectivity index (χ2n) is 5.78. The van der Waals surface area contributed by atoms with E-state index in [0.29, 0.717) is 6.61 Å². The van der Waals surface area contributed by atoms with Crippen molar-refractivity contribution in [1.29, 1.82) is 0 Å². The third kappa shape index (κ3) is 8.19. The van der Waals surface area contributed by atoms with Crippen LogP contribution in [0, 0.1) is 5.41 Å². The number of rotatable bonds is 8. The lowest BCUT2D eigenvalue weighted by atomic mass is 9.87. The molecule has 3 heteroatoms. The minimum absolute atomic E-state index is 0.224. The average molecular weight is 243 g/mol. The third-order valence-electron chi connectivity index (χ3n) is 2.93. The van der Waals surface area contributed by atoms with Gasteiger partial charge in [-0.05, 0) is 11.8 Å². The zero-order valence-electron chi connectivity index (χ0n) is 11.9. The molecule has 0 aromatic heterocycles. The minimum Gasteiger partial charge on any atom is -0.465 e. The number of hydrogen-bond acceptors (Lipinski definition) is 3. The Kier molecular flexibility index (Phi) is 8.23. The van der Waals surface area contributed by atoms with Crippen LogP contribution in [0.4, 0.5) is 0 Å². The van der Waals surface area contributed by atoms with Gasteiger partial charge in [-0.3, -0.25) is 4.79 Å². The van der Waals surface area contributed by atoms with Gasteiger partial charge in [0.1, 0.15) is 6.04 Å². The van der Waals surface area contributed by atoms with Crippen LogP contribution in [0.5, 0.6) is 0 Å². The maximum atomic E-state index is 11.6. The highest BCUT2D eigenvalue weighted by Gasteiger charge is 2.28. The summed E-state index contributed by atoms with van der Waals surface area (Å²) in [5.74, 6) is -0.272. The molecule has 102 valence electrons. The van der Waals surface area contributed by atoms with Crippen molar-refractivity contribution in [3.05, 3.63) is 0 Å². The molecule has 3 nitrogen and oxygen atoms in total. The van der Waals surface area contributed by atoms with Crippen LogP contribution in [-0.4, -0.2) is 18.6 Å². The van der Waals surface area contributed by atoms with Crippen LogP contribution in [0.2, 0.25) is 0 Å². The summed E-state index contributed by atoms with van der Waals surface area (Å²) in [6.45, 7) is 8.56. The summed E-state index contributed by atoms with van der Waals surface area (Å²) in [4.78, 5) is 11.6. The van der Waals surface area contributed by atoms with Crippen LogP contribution in [0.15, 0.2) is 0 Å². The summed E-state index contributed by atoms with van der Waals surface area (Å²) in [7, 11) is 0. The summed E-state index contributed by atoms with van der Waals surface area (Å²) >= 11 is 0. The minimum atomic E-state index is -0.525. The first-order chi connectivity index (χ1) is 7.89. The van der Waals surface area contributed by atoms with Gasteiger partial charge in [-0.1, -0.05) is 59.8 Å². The number of unbranched alkanes of at least 4 members (excludes halogenated alkanes) is 5. The molecule has 0 heterocycles. The Bertz CT molecular complexity index is 209. The van der Waals surface area contributed by atoms with Gasteiger partial charge in [0, 0.05) is 0 Å². The molecule has 0 fully saturated rings. The quantitative estimate of drug-likeness (QED) is 0.526. The molecule has 0 saturated carbocycles. The van der Waals surface area contributed by atoms with Gasteiger partial charge in [0.15, 0.2) is 0 Å². The molecule has 0 aliphatic rings. The van der Waals surface area contributed by atoms with Crippen molar-refractivity contribution in [2.45, 2.75) is 72.3 Å². The van der Waals surface area contributed by atoms with Crippen molar-refractivity contribution in [2.24, 2.45) is 11.1 Å². The number of esters is 1. The molecule has 0 amide bonds. The third-order valence-corrected chi connectivity index (χ3v) is 2.93. The molecule has 1 atom stereocenters. The highest BCUT2D eigenvalue weighted by molar-refractivity contribution is 5.76. The smallest absolute Gasteiger partial charge is 0.323 e. The number of carbonyl (C=O) groups excluding carboxylic acids is 1. The second kappa shape index (κ2) is 8.51. The number of carbonyl (C=O) groups is 1. The fourth-order valence-corrected chi connectivity index (χ4v) is 1.50. The summed E-state index contributed by atoms with van der Waals surface area (Å²) < 4.78 is 5.17. The molecular formula is C14H29NO2. The maximum absolute atomic E-state index is 11.6. The summed E-state index contributed by atoms with van der Waals surface area (Å²) in [6.07, 6.45) is 7.16. The van der Waals surface area contributed by atoms with Crippen molar-refractivity contribution in [3.63, 3.8) is 0 Å². The fraction of sp³-hybridized carbons (Fsp3) is 0.929. The predicted octanol–water partition coefficient (Wildman–Crippen LogP) is 3.26. The molecule has 0 spiro atoms. The lowest BCUT2D eigenvalue weighted by Gasteiger charge is -2.24. The highest BCUT2D eigenvalue weighted by atomic mass is 16.5. The second-order valence-corrected chi connectivity index (χ2v) is 5.78. The van der Waals surface area contributed by atoms with E-state index in [4.69, 9.17) is 10.5 Å².